The second-order valence-electron chi connectivity index (χ2n) is 3.69. The molecule has 2 aromatic carbocycles. The molecule has 0 saturated heterocycles. The highest BCUT2D eigenvalue weighted by atomic mass is 16.4. The number of hydrogen-bond donors (Lipinski definition) is 1. The molecule has 0 heterocycles. The van der Waals surface area contributed by atoms with Gasteiger partial charge in [0.25, 0.3) is 0 Å². The molecule has 2 nitrogen and oxygen atoms in total. The van der Waals surface area contributed by atoms with Gasteiger partial charge in [-0.3, -0.25) is 0 Å². The van der Waals surface area contributed by atoms with Crippen molar-refractivity contribution in [2.75, 3.05) is 0 Å². The maximum atomic E-state index is 10.6. The van der Waals surface area contributed by atoms with Crippen LogP contribution >= 0.6 is 0 Å². The molecule has 0 spiro atoms. The second kappa shape index (κ2) is 4.19. The van der Waals surface area contributed by atoms with Crippen molar-refractivity contribution in [1.29, 1.82) is 0 Å². The molecule has 16 heavy (non-hydrogen) atoms. The Morgan fingerprint density at radius 2 is 1.81 bits per heavy atom. The van der Waals surface area contributed by atoms with Gasteiger partial charge in [0.15, 0.2) is 0 Å². The van der Waals surface area contributed by atoms with Gasteiger partial charge >= 0.3 is 5.97 Å². The lowest BCUT2D eigenvalue weighted by atomic mass is 9.99. The van der Waals surface area contributed by atoms with E-state index in [1.165, 1.54) is 6.08 Å². The van der Waals surface area contributed by atoms with E-state index in [-0.39, 0.29) is 0 Å². The predicted octanol–water partition coefficient (Wildman–Crippen LogP) is 3.33. The molecule has 0 aliphatic rings. The van der Waals surface area contributed by atoms with Crippen LogP contribution in [0.25, 0.3) is 16.3 Å². The Labute approximate surface area is 93.8 Å². The van der Waals surface area contributed by atoms with Gasteiger partial charge in [-0.2, -0.15) is 0 Å². The van der Waals surface area contributed by atoms with Gasteiger partial charge in [0.2, 0.25) is 0 Å². The molecule has 0 unspecified atom stereocenters. The largest absolute Gasteiger partial charge is 0.478 e. The van der Waals surface area contributed by atoms with Crippen molar-refractivity contribution < 1.29 is 9.90 Å². The van der Waals surface area contributed by atoms with Crippen LogP contribution < -0.4 is 0 Å². The third-order valence-electron chi connectivity index (χ3n) is 2.55. The SMILES string of the molecule is C/C(=C/C(=O)O)c1cccc2ccccc12. The summed E-state index contributed by atoms with van der Waals surface area (Å²) in [5.74, 6) is -0.912. The average Bonchev–Trinajstić information content (AvgIpc) is 2.27. The van der Waals surface area contributed by atoms with E-state index in [9.17, 15) is 4.79 Å². The van der Waals surface area contributed by atoms with E-state index in [0.29, 0.717) is 0 Å². The molecule has 2 rings (SSSR count). The van der Waals surface area contributed by atoms with Crippen LogP contribution in [0, 0.1) is 0 Å². The fourth-order valence-electron chi connectivity index (χ4n) is 1.83. The van der Waals surface area contributed by atoms with Crippen LogP contribution in [0.2, 0.25) is 0 Å². The monoisotopic (exact) mass is 212 g/mol. The maximum Gasteiger partial charge on any atom is 0.328 e. The van der Waals surface area contributed by atoms with Gasteiger partial charge in [0, 0.05) is 6.08 Å². The molecular weight excluding hydrogens is 200 g/mol. The van der Waals surface area contributed by atoms with E-state index in [1.54, 1.807) is 0 Å². The van der Waals surface area contributed by atoms with Crippen molar-refractivity contribution in [1.82, 2.24) is 0 Å². The fourth-order valence-corrected chi connectivity index (χ4v) is 1.83. The Bertz CT molecular complexity index is 562. The lowest BCUT2D eigenvalue weighted by Gasteiger charge is -2.05. The minimum atomic E-state index is -0.912. The van der Waals surface area contributed by atoms with Crippen molar-refractivity contribution in [2.45, 2.75) is 6.92 Å². The van der Waals surface area contributed by atoms with Gasteiger partial charge < -0.3 is 5.11 Å². The summed E-state index contributed by atoms with van der Waals surface area (Å²) in [7, 11) is 0. The number of hydrogen-bond acceptors (Lipinski definition) is 1. The molecule has 0 amide bonds. The summed E-state index contributed by atoms with van der Waals surface area (Å²) in [4.78, 5) is 10.6. The zero-order chi connectivity index (χ0) is 11.5. The van der Waals surface area contributed by atoms with E-state index >= 15 is 0 Å². The van der Waals surface area contributed by atoms with Crippen LogP contribution in [0.1, 0.15) is 12.5 Å². The number of aliphatic carboxylic acids is 1. The summed E-state index contributed by atoms with van der Waals surface area (Å²) < 4.78 is 0. The Morgan fingerprint density at radius 1 is 1.12 bits per heavy atom. The average molecular weight is 212 g/mol. The first-order valence-electron chi connectivity index (χ1n) is 5.08. The Hall–Kier alpha value is -2.09. The summed E-state index contributed by atoms with van der Waals surface area (Å²) in [5, 5.41) is 10.9. The Kier molecular flexibility index (Phi) is 2.73. The normalized spacial score (nSPS) is 11.7. The molecule has 1 N–H and O–H groups in total. The van der Waals surface area contributed by atoms with Crippen LogP contribution in [0.4, 0.5) is 0 Å². The fraction of sp³-hybridized carbons (Fsp3) is 0.0714. The van der Waals surface area contributed by atoms with Gasteiger partial charge in [0.1, 0.15) is 0 Å². The van der Waals surface area contributed by atoms with E-state index in [1.807, 2.05) is 49.4 Å². The van der Waals surface area contributed by atoms with E-state index in [2.05, 4.69) is 0 Å². The maximum absolute atomic E-state index is 10.6. The molecule has 0 saturated carbocycles. The molecular formula is C14H12O2. The molecule has 80 valence electrons. The molecule has 0 aromatic heterocycles. The Morgan fingerprint density at radius 3 is 2.56 bits per heavy atom. The standard InChI is InChI=1S/C14H12O2/c1-10(9-14(15)16)12-8-4-6-11-5-2-3-7-13(11)12/h2-9H,1H3,(H,15,16)/b10-9-. The first-order chi connectivity index (χ1) is 7.68. The molecule has 0 radical (unpaired) electrons. The molecule has 0 aliphatic carbocycles. The van der Waals surface area contributed by atoms with Crippen LogP contribution in [-0.2, 0) is 4.79 Å². The van der Waals surface area contributed by atoms with E-state index in [0.717, 1.165) is 21.9 Å². The first-order valence-corrected chi connectivity index (χ1v) is 5.08. The number of carboxylic acids is 1. The lowest BCUT2D eigenvalue weighted by Crippen LogP contribution is -1.90. The number of carboxylic acid groups (broad SMARTS) is 1. The highest BCUT2D eigenvalue weighted by Crippen LogP contribution is 2.24. The lowest BCUT2D eigenvalue weighted by molar-refractivity contribution is -0.131. The number of allylic oxidation sites excluding steroid dienone is 1. The number of carbonyl (C=O) groups is 1. The minimum Gasteiger partial charge on any atom is -0.478 e. The first kappa shape index (κ1) is 10.4. The van der Waals surface area contributed by atoms with Crippen molar-refractivity contribution in [3.05, 3.63) is 54.1 Å². The van der Waals surface area contributed by atoms with Crippen molar-refractivity contribution in [3.8, 4) is 0 Å². The predicted molar refractivity (Wildman–Crippen MR) is 65.2 cm³/mol. The molecule has 0 aliphatic heterocycles. The summed E-state index contributed by atoms with van der Waals surface area (Å²) in [5.41, 5.74) is 1.74. The third-order valence-corrected chi connectivity index (χ3v) is 2.55. The molecule has 0 bridgehead atoms. The summed E-state index contributed by atoms with van der Waals surface area (Å²) in [6.45, 7) is 1.82. The highest BCUT2D eigenvalue weighted by molar-refractivity contribution is 5.98. The van der Waals surface area contributed by atoms with Gasteiger partial charge in [-0.1, -0.05) is 42.5 Å². The van der Waals surface area contributed by atoms with Crippen LogP contribution in [-0.4, -0.2) is 11.1 Å². The quantitative estimate of drug-likeness (QED) is 0.775. The van der Waals surface area contributed by atoms with Gasteiger partial charge in [-0.25, -0.2) is 4.79 Å². The van der Waals surface area contributed by atoms with Crippen LogP contribution in [0.5, 0.6) is 0 Å². The minimum absolute atomic E-state index is 0.768. The zero-order valence-electron chi connectivity index (χ0n) is 8.97. The van der Waals surface area contributed by atoms with Crippen molar-refractivity contribution in [3.63, 3.8) is 0 Å². The summed E-state index contributed by atoms with van der Waals surface area (Å²) in [6.07, 6.45) is 1.24. The van der Waals surface area contributed by atoms with Gasteiger partial charge in [-0.05, 0) is 28.8 Å². The van der Waals surface area contributed by atoms with Crippen molar-refractivity contribution >= 4 is 22.3 Å². The third kappa shape index (κ3) is 1.96. The van der Waals surface area contributed by atoms with Crippen LogP contribution in [0.3, 0.4) is 0 Å². The highest BCUT2D eigenvalue weighted by Gasteiger charge is 2.03. The number of benzene rings is 2. The topological polar surface area (TPSA) is 37.3 Å². The second-order valence-corrected chi connectivity index (χ2v) is 3.69. The smallest absolute Gasteiger partial charge is 0.328 e. The summed E-state index contributed by atoms with van der Waals surface area (Å²) in [6, 6.07) is 13.9. The molecule has 2 aromatic rings. The molecule has 2 heteroatoms. The van der Waals surface area contributed by atoms with Crippen LogP contribution in [0.15, 0.2) is 48.5 Å². The Balaban J connectivity index is 2.65. The van der Waals surface area contributed by atoms with Gasteiger partial charge in [-0.15, -0.1) is 0 Å². The molecule has 0 atom stereocenters. The number of fused-ring (bicyclic) bond motifs is 1. The zero-order valence-corrected chi connectivity index (χ0v) is 8.97. The summed E-state index contributed by atoms with van der Waals surface area (Å²) >= 11 is 0. The van der Waals surface area contributed by atoms with E-state index in [4.69, 9.17) is 5.11 Å². The van der Waals surface area contributed by atoms with Gasteiger partial charge in [0.05, 0.1) is 0 Å². The van der Waals surface area contributed by atoms with E-state index < -0.39 is 5.97 Å². The molecule has 0 fully saturated rings. The number of rotatable bonds is 2. The van der Waals surface area contributed by atoms with Crippen molar-refractivity contribution in [2.24, 2.45) is 0 Å².